The molecule has 0 saturated carbocycles. The van der Waals surface area contributed by atoms with E-state index in [9.17, 15) is 4.79 Å². The Labute approximate surface area is 137 Å². The molecule has 0 radical (unpaired) electrons. The van der Waals surface area contributed by atoms with Crippen LogP contribution in [0.1, 0.15) is 18.1 Å². The van der Waals surface area contributed by atoms with E-state index in [-0.39, 0.29) is 12.1 Å². The molecule has 0 spiro atoms. The first kappa shape index (κ1) is 16.8. The largest absolute Gasteiger partial charge is 0.497 e. The molecule has 1 heterocycles. The maximum atomic E-state index is 11.9. The van der Waals surface area contributed by atoms with Crippen molar-refractivity contribution < 1.29 is 9.53 Å². The number of amides is 2. The van der Waals surface area contributed by atoms with Crippen LogP contribution in [0.4, 0.5) is 4.79 Å². The molecule has 5 heteroatoms. The number of ether oxygens (including phenoxy) is 1. The molecular formula is C18H23N3O2. The molecule has 0 bridgehead atoms. The van der Waals surface area contributed by atoms with E-state index in [2.05, 4.69) is 15.6 Å². The van der Waals surface area contributed by atoms with Gasteiger partial charge < -0.3 is 15.4 Å². The highest BCUT2D eigenvalue weighted by Crippen LogP contribution is 2.13. The van der Waals surface area contributed by atoms with Crippen molar-refractivity contribution in [3.63, 3.8) is 0 Å². The van der Waals surface area contributed by atoms with Gasteiger partial charge in [-0.05, 0) is 49.1 Å². The lowest BCUT2D eigenvalue weighted by Crippen LogP contribution is -2.42. The second kappa shape index (κ2) is 8.78. The fraction of sp³-hybridized carbons (Fsp3) is 0.333. The summed E-state index contributed by atoms with van der Waals surface area (Å²) < 4.78 is 5.21. The van der Waals surface area contributed by atoms with E-state index in [1.807, 2.05) is 49.5 Å². The summed E-state index contributed by atoms with van der Waals surface area (Å²) in [5.41, 5.74) is 2.24. The van der Waals surface area contributed by atoms with Crippen LogP contribution in [0.5, 0.6) is 5.75 Å². The molecule has 1 aromatic heterocycles. The van der Waals surface area contributed by atoms with Gasteiger partial charge in [-0.15, -0.1) is 0 Å². The van der Waals surface area contributed by atoms with Crippen LogP contribution in [0.15, 0.2) is 48.8 Å². The van der Waals surface area contributed by atoms with Crippen LogP contribution in [0.2, 0.25) is 0 Å². The van der Waals surface area contributed by atoms with E-state index >= 15 is 0 Å². The van der Waals surface area contributed by atoms with Crippen LogP contribution in [0.25, 0.3) is 0 Å². The number of nitrogens with one attached hydrogen (secondary N) is 2. The van der Waals surface area contributed by atoms with Gasteiger partial charge in [0.05, 0.1) is 7.11 Å². The molecule has 5 nitrogen and oxygen atoms in total. The molecule has 0 aliphatic carbocycles. The number of pyridine rings is 1. The third-order valence-electron chi connectivity index (χ3n) is 3.48. The van der Waals surface area contributed by atoms with Crippen molar-refractivity contribution in [1.82, 2.24) is 15.6 Å². The lowest BCUT2D eigenvalue weighted by molar-refractivity contribution is 0.238. The summed E-state index contributed by atoms with van der Waals surface area (Å²) >= 11 is 0. The molecule has 1 aromatic carbocycles. The van der Waals surface area contributed by atoms with Gasteiger partial charge in [-0.1, -0.05) is 18.2 Å². The van der Waals surface area contributed by atoms with E-state index < -0.39 is 0 Å². The lowest BCUT2D eigenvalue weighted by atomic mass is 10.1. The van der Waals surface area contributed by atoms with E-state index in [1.165, 1.54) is 0 Å². The van der Waals surface area contributed by atoms with Crippen molar-refractivity contribution in [1.29, 1.82) is 0 Å². The molecule has 0 unspecified atom stereocenters. The fourth-order valence-corrected chi connectivity index (χ4v) is 2.35. The summed E-state index contributed by atoms with van der Waals surface area (Å²) in [6.45, 7) is 2.57. The first-order valence-corrected chi connectivity index (χ1v) is 7.73. The van der Waals surface area contributed by atoms with Gasteiger partial charge in [-0.3, -0.25) is 4.98 Å². The maximum absolute atomic E-state index is 11.9. The number of urea groups is 1. The van der Waals surface area contributed by atoms with Crippen LogP contribution in [0, 0.1) is 0 Å². The van der Waals surface area contributed by atoms with E-state index in [1.54, 1.807) is 13.3 Å². The number of hydrogen-bond acceptors (Lipinski definition) is 3. The van der Waals surface area contributed by atoms with Crippen molar-refractivity contribution in [3.8, 4) is 5.75 Å². The summed E-state index contributed by atoms with van der Waals surface area (Å²) in [5, 5.41) is 5.81. The number of carbonyl (C=O) groups is 1. The van der Waals surface area contributed by atoms with Crippen molar-refractivity contribution >= 4 is 6.03 Å². The fourth-order valence-electron chi connectivity index (χ4n) is 2.35. The van der Waals surface area contributed by atoms with Crippen molar-refractivity contribution in [2.75, 3.05) is 13.7 Å². The second-order valence-electron chi connectivity index (χ2n) is 5.47. The van der Waals surface area contributed by atoms with Crippen LogP contribution >= 0.6 is 0 Å². The van der Waals surface area contributed by atoms with Crippen molar-refractivity contribution in [2.45, 2.75) is 25.8 Å². The summed E-state index contributed by atoms with van der Waals surface area (Å²) in [6, 6.07) is 11.7. The summed E-state index contributed by atoms with van der Waals surface area (Å²) in [7, 11) is 1.65. The van der Waals surface area contributed by atoms with Crippen LogP contribution < -0.4 is 15.4 Å². The SMILES string of the molecule is COc1cccc(C[C@H](C)NC(=O)NCCc2cccnc2)c1. The topological polar surface area (TPSA) is 63.2 Å². The third kappa shape index (κ3) is 5.98. The highest BCUT2D eigenvalue weighted by Gasteiger charge is 2.08. The molecule has 2 amide bonds. The zero-order valence-corrected chi connectivity index (χ0v) is 13.6. The quantitative estimate of drug-likeness (QED) is 0.826. The van der Waals surface area contributed by atoms with Crippen LogP contribution in [-0.2, 0) is 12.8 Å². The molecule has 1 atom stereocenters. The second-order valence-corrected chi connectivity index (χ2v) is 5.47. The molecule has 0 aliphatic heterocycles. The highest BCUT2D eigenvalue weighted by molar-refractivity contribution is 5.74. The van der Waals surface area contributed by atoms with Crippen LogP contribution in [0.3, 0.4) is 0 Å². The van der Waals surface area contributed by atoms with Gasteiger partial charge in [-0.25, -0.2) is 4.79 Å². The molecular weight excluding hydrogens is 290 g/mol. The Morgan fingerprint density at radius 2 is 2.09 bits per heavy atom. The molecule has 122 valence electrons. The Hall–Kier alpha value is -2.56. The average Bonchev–Trinajstić information content (AvgIpc) is 2.56. The predicted molar refractivity (Wildman–Crippen MR) is 90.6 cm³/mol. The van der Waals surface area contributed by atoms with Gasteiger partial charge in [0.1, 0.15) is 5.75 Å². The van der Waals surface area contributed by atoms with Gasteiger partial charge in [0.15, 0.2) is 0 Å². The number of hydrogen-bond donors (Lipinski definition) is 2. The Bertz CT molecular complexity index is 617. The van der Waals surface area contributed by atoms with Gasteiger partial charge in [-0.2, -0.15) is 0 Å². The van der Waals surface area contributed by atoms with E-state index in [4.69, 9.17) is 4.74 Å². The van der Waals surface area contributed by atoms with Crippen LogP contribution in [-0.4, -0.2) is 30.7 Å². The highest BCUT2D eigenvalue weighted by atomic mass is 16.5. The molecule has 0 saturated heterocycles. The predicted octanol–water partition coefficient (Wildman–Crippen LogP) is 2.56. The minimum atomic E-state index is -0.149. The molecule has 23 heavy (non-hydrogen) atoms. The minimum absolute atomic E-state index is 0.0421. The molecule has 2 rings (SSSR count). The molecule has 2 aromatic rings. The minimum Gasteiger partial charge on any atom is -0.497 e. The van der Waals surface area contributed by atoms with Crippen molar-refractivity contribution in [3.05, 3.63) is 59.9 Å². The lowest BCUT2D eigenvalue weighted by Gasteiger charge is -2.15. The van der Waals surface area contributed by atoms with Gasteiger partial charge in [0.2, 0.25) is 0 Å². The Morgan fingerprint density at radius 3 is 2.83 bits per heavy atom. The van der Waals surface area contributed by atoms with Gasteiger partial charge >= 0.3 is 6.03 Å². The molecule has 0 aliphatic rings. The van der Waals surface area contributed by atoms with E-state index in [0.29, 0.717) is 6.54 Å². The third-order valence-corrected chi connectivity index (χ3v) is 3.48. The molecule has 0 fully saturated rings. The number of aromatic nitrogens is 1. The Morgan fingerprint density at radius 1 is 1.26 bits per heavy atom. The zero-order valence-electron chi connectivity index (χ0n) is 13.6. The number of rotatable bonds is 7. The maximum Gasteiger partial charge on any atom is 0.315 e. The van der Waals surface area contributed by atoms with E-state index in [0.717, 1.165) is 29.7 Å². The monoisotopic (exact) mass is 313 g/mol. The summed E-state index contributed by atoms with van der Waals surface area (Å²) in [4.78, 5) is 15.9. The normalized spacial score (nSPS) is 11.6. The number of carbonyl (C=O) groups excluding carboxylic acids is 1. The standard InChI is InChI=1S/C18H23N3O2/c1-14(11-16-5-3-7-17(12-16)23-2)21-18(22)20-10-8-15-6-4-9-19-13-15/h3-7,9,12-14H,8,10-11H2,1-2H3,(H2,20,21,22)/t14-/m0/s1. The first-order valence-electron chi connectivity index (χ1n) is 7.73. The number of methoxy groups -OCH3 is 1. The Kier molecular flexibility index (Phi) is 6.41. The summed E-state index contributed by atoms with van der Waals surface area (Å²) in [6.07, 6.45) is 5.08. The first-order chi connectivity index (χ1) is 11.2. The average molecular weight is 313 g/mol. The van der Waals surface area contributed by atoms with Gasteiger partial charge in [0.25, 0.3) is 0 Å². The van der Waals surface area contributed by atoms with Gasteiger partial charge in [0, 0.05) is 25.0 Å². The van der Waals surface area contributed by atoms with Crippen molar-refractivity contribution in [2.24, 2.45) is 0 Å². The zero-order chi connectivity index (χ0) is 16.5. The number of benzene rings is 1. The number of nitrogens with zero attached hydrogens (tertiary/aromatic N) is 1. The molecule has 2 N–H and O–H groups in total. The Balaban J connectivity index is 1.71. The smallest absolute Gasteiger partial charge is 0.315 e. The summed E-state index contributed by atoms with van der Waals surface area (Å²) in [5.74, 6) is 0.829.